The van der Waals surface area contributed by atoms with Crippen LogP contribution in [0, 0.1) is 11.3 Å². The van der Waals surface area contributed by atoms with Gasteiger partial charge in [0.1, 0.15) is 0 Å². The third kappa shape index (κ3) is 3.00. The maximum Gasteiger partial charge on any atom is -0.0297 e. The van der Waals surface area contributed by atoms with Gasteiger partial charge in [0.05, 0.1) is 0 Å². The van der Waals surface area contributed by atoms with Crippen LogP contribution in [0.4, 0.5) is 0 Å². The van der Waals surface area contributed by atoms with E-state index in [1.165, 1.54) is 32.1 Å². The van der Waals surface area contributed by atoms with Crippen LogP contribution in [0.1, 0.15) is 78.6 Å². The van der Waals surface area contributed by atoms with Crippen molar-refractivity contribution in [1.29, 1.82) is 0 Å². The maximum atomic E-state index is 2.35. The Balaban J connectivity index is 0.000000293. The fraction of sp³-hybridized carbons (Fsp3) is 1.00. The van der Waals surface area contributed by atoms with Crippen molar-refractivity contribution in [3.63, 3.8) is 0 Å². The standard InChI is InChI=1S/C11H20.C3H8/c1-2-10-4-8-11(9-5-10)6-3-7-11;1-3-2/h10H,2-9H2,1H3;3H2,1-2H3. The first-order valence-electron chi connectivity index (χ1n) is 6.76. The molecule has 0 N–H and O–H groups in total. The van der Waals surface area contributed by atoms with E-state index >= 15 is 0 Å². The lowest BCUT2D eigenvalue weighted by molar-refractivity contribution is 0.0547. The Hall–Kier alpha value is 0. The minimum Gasteiger partial charge on any atom is -0.0656 e. The maximum absolute atomic E-state index is 2.35. The van der Waals surface area contributed by atoms with Crippen molar-refractivity contribution < 1.29 is 0 Å². The fourth-order valence-corrected chi connectivity index (χ4v) is 2.87. The van der Waals surface area contributed by atoms with Crippen LogP contribution in [-0.4, -0.2) is 0 Å². The molecule has 0 heterocycles. The van der Waals surface area contributed by atoms with Gasteiger partial charge in [-0.05, 0) is 49.9 Å². The summed E-state index contributed by atoms with van der Waals surface area (Å²) < 4.78 is 0. The van der Waals surface area contributed by atoms with Crippen molar-refractivity contribution in [3.8, 4) is 0 Å². The van der Waals surface area contributed by atoms with Crippen LogP contribution < -0.4 is 0 Å². The van der Waals surface area contributed by atoms with Gasteiger partial charge in [-0.3, -0.25) is 0 Å². The van der Waals surface area contributed by atoms with E-state index in [1.54, 1.807) is 25.7 Å². The molecule has 2 rings (SSSR count). The molecule has 0 atom stereocenters. The minimum atomic E-state index is 0.881. The molecule has 0 nitrogen and oxygen atoms in total. The predicted molar refractivity (Wildman–Crippen MR) is 64.5 cm³/mol. The van der Waals surface area contributed by atoms with Crippen LogP contribution in [0.15, 0.2) is 0 Å². The number of hydrogen-bond donors (Lipinski definition) is 0. The average molecular weight is 196 g/mol. The zero-order valence-electron chi connectivity index (χ0n) is 10.4. The smallest absolute Gasteiger partial charge is 0.0297 e. The molecule has 0 aromatic heterocycles. The molecule has 0 bridgehead atoms. The first-order chi connectivity index (χ1) is 6.76. The highest BCUT2D eigenvalue weighted by atomic mass is 14.4. The third-order valence-electron chi connectivity index (χ3n) is 4.16. The van der Waals surface area contributed by atoms with Gasteiger partial charge in [0.2, 0.25) is 0 Å². The monoisotopic (exact) mass is 196 g/mol. The van der Waals surface area contributed by atoms with Crippen molar-refractivity contribution in [3.05, 3.63) is 0 Å². The molecule has 0 aromatic rings. The van der Waals surface area contributed by atoms with Gasteiger partial charge in [-0.2, -0.15) is 0 Å². The van der Waals surface area contributed by atoms with E-state index < -0.39 is 0 Å². The van der Waals surface area contributed by atoms with Crippen molar-refractivity contribution in [2.24, 2.45) is 11.3 Å². The van der Waals surface area contributed by atoms with Gasteiger partial charge in [0.25, 0.3) is 0 Å². The Labute approximate surface area is 90.5 Å². The Kier molecular flexibility index (Phi) is 4.98. The second-order valence-corrected chi connectivity index (χ2v) is 5.41. The molecule has 0 aromatic carbocycles. The predicted octanol–water partition coefficient (Wildman–Crippen LogP) is 5.17. The van der Waals surface area contributed by atoms with Crippen molar-refractivity contribution in [1.82, 2.24) is 0 Å². The Morgan fingerprint density at radius 3 is 1.71 bits per heavy atom. The van der Waals surface area contributed by atoms with Gasteiger partial charge >= 0.3 is 0 Å². The van der Waals surface area contributed by atoms with Crippen LogP contribution in [0.5, 0.6) is 0 Å². The summed E-state index contributed by atoms with van der Waals surface area (Å²) in [6.07, 6.45) is 13.5. The number of rotatable bonds is 1. The van der Waals surface area contributed by atoms with E-state index in [9.17, 15) is 0 Å². The highest BCUT2D eigenvalue weighted by Gasteiger charge is 2.39. The summed E-state index contributed by atoms with van der Waals surface area (Å²) in [6, 6.07) is 0. The van der Waals surface area contributed by atoms with Crippen LogP contribution >= 0.6 is 0 Å². The molecule has 0 amide bonds. The third-order valence-corrected chi connectivity index (χ3v) is 4.16. The van der Waals surface area contributed by atoms with E-state index in [0.29, 0.717) is 0 Å². The van der Waals surface area contributed by atoms with Gasteiger partial charge in [0, 0.05) is 0 Å². The van der Waals surface area contributed by atoms with Crippen molar-refractivity contribution >= 4 is 0 Å². The molecule has 0 radical (unpaired) electrons. The highest BCUT2D eigenvalue weighted by molar-refractivity contribution is 4.91. The topological polar surface area (TPSA) is 0 Å². The summed E-state index contributed by atoms with van der Waals surface area (Å²) in [4.78, 5) is 0. The van der Waals surface area contributed by atoms with Crippen LogP contribution in [0.2, 0.25) is 0 Å². The molecule has 14 heavy (non-hydrogen) atoms. The number of hydrogen-bond acceptors (Lipinski definition) is 0. The van der Waals surface area contributed by atoms with E-state index in [1.807, 2.05) is 0 Å². The molecule has 84 valence electrons. The molecule has 2 aliphatic carbocycles. The van der Waals surface area contributed by atoms with Crippen LogP contribution in [0.3, 0.4) is 0 Å². The largest absolute Gasteiger partial charge is 0.0656 e. The molecular formula is C14H28. The average Bonchev–Trinajstić information content (AvgIpc) is 2.17. The van der Waals surface area contributed by atoms with Gasteiger partial charge in [-0.15, -0.1) is 0 Å². The molecule has 2 fully saturated rings. The van der Waals surface area contributed by atoms with Gasteiger partial charge in [-0.25, -0.2) is 0 Å². The lowest BCUT2D eigenvalue weighted by Crippen LogP contribution is -2.33. The van der Waals surface area contributed by atoms with Gasteiger partial charge in [-0.1, -0.05) is 40.0 Å². The molecular weight excluding hydrogens is 168 g/mol. The second-order valence-electron chi connectivity index (χ2n) is 5.41. The molecule has 0 unspecified atom stereocenters. The van der Waals surface area contributed by atoms with Crippen molar-refractivity contribution in [2.45, 2.75) is 78.6 Å². The lowest BCUT2D eigenvalue weighted by atomic mass is 9.59. The van der Waals surface area contributed by atoms with E-state index in [4.69, 9.17) is 0 Å². The molecule has 1 spiro atoms. The first kappa shape index (κ1) is 12.1. The molecule has 0 aliphatic heterocycles. The molecule has 2 aliphatic rings. The van der Waals surface area contributed by atoms with Crippen LogP contribution in [-0.2, 0) is 0 Å². The van der Waals surface area contributed by atoms with Crippen LogP contribution in [0.25, 0.3) is 0 Å². The molecule has 0 saturated heterocycles. The SMILES string of the molecule is CCC.CCC1CCC2(CCC2)CC1. The summed E-state index contributed by atoms with van der Waals surface area (Å²) in [5.41, 5.74) is 0.881. The quantitative estimate of drug-likeness (QED) is 0.542. The summed E-state index contributed by atoms with van der Waals surface area (Å²) in [7, 11) is 0. The second kappa shape index (κ2) is 5.78. The summed E-state index contributed by atoms with van der Waals surface area (Å²) in [5.74, 6) is 1.08. The molecule has 2 saturated carbocycles. The Morgan fingerprint density at radius 1 is 0.929 bits per heavy atom. The summed E-state index contributed by atoms with van der Waals surface area (Å²) in [5, 5.41) is 0. The van der Waals surface area contributed by atoms with E-state index in [0.717, 1.165) is 11.3 Å². The fourth-order valence-electron chi connectivity index (χ4n) is 2.87. The zero-order valence-corrected chi connectivity index (χ0v) is 10.4. The molecule has 0 heteroatoms. The summed E-state index contributed by atoms with van der Waals surface area (Å²) >= 11 is 0. The van der Waals surface area contributed by atoms with Crippen molar-refractivity contribution in [2.75, 3.05) is 0 Å². The first-order valence-corrected chi connectivity index (χ1v) is 6.76. The van der Waals surface area contributed by atoms with Gasteiger partial charge < -0.3 is 0 Å². The minimum absolute atomic E-state index is 0.881. The zero-order chi connectivity index (χ0) is 10.4. The Bertz CT molecular complexity index is 134. The van der Waals surface area contributed by atoms with E-state index in [2.05, 4.69) is 20.8 Å². The lowest BCUT2D eigenvalue weighted by Gasteiger charge is -2.47. The highest BCUT2D eigenvalue weighted by Crippen LogP contribution is 2.52. The summed E-state index contributed by atoms with van der Waals surface area (Å²) in [6.45, 7) is 6.60. The van der Waals surface area contributed by atoms with Gasteiger partial charge in [0.15, 0.2) is 0 Å². The normalized spacial score (nSPS) is 25.1. The van der Waals surface area contributed by atoms with E-state index in [-0.39, 0.29) is 0 Å². The Morgan fingerprint density at radius 2 is 1.43 bits per heavy atom.